The van der Waals surface area contributed by atoms with Gasteiger partial charge >= 0.3 is 0 Å². The summed E-state index contributed by atoms with van der Waals surface area (Å²) in [5.74, 6) is 1.75. The van der Waals surface area contributed by atoms with Gasteiger partial charge in [0.25, 0.3) is 0 Å². The number of ether oxygens (including phenoxy) is 2. The molecule has 0 saturated heterocycles. The zero-order valence-corrected chi connectivity index (χ0v) is 13.7. The second kappa shape index (κ2) is 8.56. The van der Waals surface area contributed by atoms with Crippen LogP contribution in [0, 0.1) is 6.92 Å². The molecular formula is C17H20N2O2S. The second-order valence-corrected chi connectivity index (χ2v) is 5.79. The van der Waals surface area contributed by atoms with Gasteiger partial charge < -0.3 is 9.47 Å². The summed E-state index contributed by atoms with van der Waals surface area (Å²) in [5.41, 5.74) is 3.08. The molecule has 2 aromatic rings. The molecule has 0 atom stereocenters. The fourth-order valence-corrected chi connectivity index (χ4v) is 2.96. The number of hydrogen-bond donors (Lipinski definition) is 0. The number of rotatable bonds is 8. The zero-order valence-electron chi connectivity index (χ0n) is 12.9. The standard InChI is InChI=1S/C17H20N2O2S/c1-4-7-21-16-11-17(22-9-8-20-3)14(10-13(16)2)15-5-6-18-12-19-15/h4-6,10-12H,1,7-9H2,2-3H3. The summed E-state index contributed by atoms with van der Waals surface area (Å²) in [4.78, 5) is 9.47. The minimum absolute atomic E-state index is 0.496. The summed E-state index contributed by atoms with van der Waals surface area (Å²) in [6.07, 6.45) is 5.06. The number of aromatic nitrogens is 2. The highest BCUT2D eigenvalue weighted by atomic mass is 32.2. The molecule has 0 aliphatic heterocycles. The molecule has 0 N–H and O–H groups in total. The minimum atomic E-state index is 0.496. The van der Waals surface area contributed by atoms with Gasteiger partial charge in [-0.25, -0.2) is 9.97 Å². The van der Waals surface area contributed by atoms with E-state index >= 15 is 0 Å². The molecule has 0 radical (unpaired) electrons. The normalized spacial score (nSPS) is 10.5. The van der Waals surface area contributed by atoms with Gasteiger partial charge in [-0.2, -0.15) is 0 Å². The van der Waals surface area contributed by atoms with E-state index in [9.17, 15) is 0 Å². The zero-order chi connectivity index (χ0) is 15.8. The largest absolute Gasteiger partial charge is 0.489 e. The van der Waals surface area contributed by atoms with Crippen molar-refractivity contribution in [3.05, 3.63) is 48.9 Å². The van der Waals surface area contributed by atoms with E-state index < -0.39 is 0 Å². The lowest BCUT2D eigenvalue weighted by atomic mass is 10.1. The first-order valence-electron chi connectivity index (χ1n) is 7.02. The van der Waals surface area contributed by atoms with Gasteiger partial charge in [-0.15, -0.1) is 11.8 Å². The Morgan fingerprint density at radius 1 is 1.36 bits per heavy atom. The molecule has 22 heavy (non-hydrogen) atoms. The van der Waals surface area contributed by atoms with Gasteiger partial charge in [-0.05, 0) is 30.7 Å². The predicted molar refractivity (Wildman–Crippen MR) is 90.5 cm³/mol. The summed E-state index contributed by atoms with van der Waals surface area (Å²) in [6, 6.07) is 6.09. The summed E-state index contributed by atoms with van der Waals surface area (Å²) >= 11 is 1.73. The first-order chi connectivity index (χ1) is 10.8. The van der Waals surface area contributed by atoms with Crippen LogP contribution >= 0.6 is 11.8 Å². The van der Waals surface area contributed by atoms with E-state index in [2.05, 4.69) is 28.7 Å². The molecule has 1 aromatic heterocycles. The molecule has 116 valence electrons. The molecular weight excluding hydrogens is 296 g/mol. The molecule has 0 aliphatic rings. The fraction of sp³-hybridized carbons (Fsp3) is 0.294. The topological polar surface area (TPSA) is 44.2 Å². The van der Waals surface area contributed by atoms with Gasteiger partial charge in [0.05, 0.1) is 12.3 Å². The van der Waals surface area contributed by atoms with Crippen molar-refractivity contribution in [2.24, 2.45) is 0 Å². The molecule has 0 spiro atoms. The third-order valence-electron chi connectivity index (χ3n) is 3.04. The average Bonchev–Trinajstić information content (AvgIpc) is 2.55. The van der Waals surface area contributed by atoms with Gasteiger partial charge in [-0.1, -0.05) is 12.7 Å². The lowest BCUT2D eigenvalue weighted by molar-refractivity contribution is 0.218. The van der Waals surface area contributed by atoms with E-state index in [-0.39, 0.29) is 0 Å². The first-order valence-corrected chi connectivity index (χ1v) is 8.01. The lowest BCUT2D eigenvalue weighted by Gasteiger charge is -2.14. The van der Waals surface area contributed by atoms with Gasteiger partial charge in [0.2, 0.25) is 0 Å². The second-order valence-electron chi connectivity index (χ2n) is 4.65. The summed E-state index contributed by atoms with van der Waals surface area (Å²) in [5, 5.41) is 0. The summed E-state index contributed by atoms with van der Waals surface area (Å²) < 4.78 is 10.9. The molecule has 1 heterocycles. The highest BCUT2D eigenvalue weighted by Crippen LogP contribution is 2.35. The van der Waals surface area contributed by atoms with Gasteiger partial charge in [0, 0.05) is 29.5 Å². The van der Waals surface area contributed by atoms with Crippen LogP contribution in [0.4, 0.5) is 0 Å². The molecule has 4 nitrogen and oxygen atoms in total. The van der Waals surface area contributed by atoms with Crippen LogP contribution in [0.5, 0.6) is 5.75 Å². The van der Waals surface area contributed by atoms with E-state index in [4.69, 9.17) is 9.47 Å². The van der Waals surface area contributed by atoms with Crippen molar-refractivity contribution in [1.29, 1.82) is 0 Å². The molecule has 1 aromatic carbocycles. The van der Waals surface area contributed by atoms with Crippen LogP contribution in [0.2, 0.25) is 0 Å². The van der Waals surface area contributed by atoms with E-state index in [1.54, 1.807) is 37.5 Å². The van der Waals surface area contributed by atoms with Crippen molar-refractivity contribution in [2.75, 3.05) is 26.1 Å². The van der Waals surface area contributed by atoms with Gasteiger partial charge in [0.15, 0.2) is 0 Å². The van der Waals surface area contributed by atoms with E-state index in [1.807, 2.05) is 13.0 Å². The Hall–Kier alpha value is -1.85. The van der Waals surface area contributed by atoms with E-state index in [0.29, 0.717) is 13.2 Å². The maximum absolute atomic E-state index is 5.73. The molecule has 0 fully saturated rings. The lowest BCUT2D eigenvalue weighted by Crippen LogP contribution is -1.98. The summed E-state index contributed by atoms with van der Waals surface area (Å²) in [7, 11) is 1.71. The predicted octanol–water partition coefficient (Wildman–Crippen LogP) is 3.76. The average molecular weight is 316 g/mol. The highest BCUT2D eigenvalue weighted by molar-refractivity contribution is 7.99. The molecule has 2 rings (SSSR count). The van der Waals surface area contributed by atoms with Crippen molar-refractivity contribution < 1.29 is 9.47 Å². The number of hydrogen-bond acceptors (Lipinski definition) is 5. The number of thioether (sulfide) groups is 1. The van der Waals surface area contributed by atoms with Crippen LogP contribution < -0.4 is 4.74 Å². The van der Waals surface area contributed by atoms with E-state index in [1.165, 1.54) is 0 Å². The first kappa shape index (κ1) is 16.5. The quantitative estimate of drug-likeness (QED) is 0.421. The maximum atomic E-state index is 5.73. The van der Waals surface area contributed by atoms with Gasteiger partial charge in [-0.3, -0.25) is 0 Å². The smallest absolute Gasteiger partial charge is 0.123 e. The maximum Gasteiger partial charge on any atom is 0.123 e. The van der Waals surface area contributed by atoms with Crippen LogP contribution in [0.25, 0.3) is 11.3 Å². The Labute approximate surface area is 135 Å². The number of methoxy groups -OCH3 is 1. The monoisotopic (exact) mass is 316 g/mol. The van der Waals surface area contributed by atoms with Crippen LogP contribution in [-0.4, -0.2) is 36.0 Å². The third kappa shape index (κ3) is 4.32. The molecule has 0 saturated carbocycles. The van der Waals surface area contributed by atoms with Crippen LogP contribution in [0.15, 0.2) is 48.3 Å². The summed E-state index contributed by atoms with van der Waals surface area (Å²) in [6.45, 7) is 6.92. The Morgan fingerprint density at radius 2 is 2.23 bits per heavy atom. The minimum Gasteiger partial charge on any atom is -0.489 e. The van der Waals surface area contributed by atoms with E-state index in [0.717, 1.165) is 33.2 Å². The highest BCUT2D eigenvalue weighted by Gasteiger charge is 2.12. The Kier molecular flexibility index (Phi) is 6.43. The van der Waals surface area contributed by atoms with Crippen molar-refractivity contribution >= 4 is 11.8 Å². The number of nitrogens with zero attached hydrogens (tertiary/aromatic N) is 2. The number of aryl methyl sites for hydroxylation is 1. The molecule has 0 amide bonds. The Morgan fingerprint density at radius 3 is 2.91 bits per heavy atom. The van der Waals surface area contributed by atoms with Gasteiger partial charge in [0.1, 0.15) is 18.7 Å². The van der Waals surface area contributed by atoms with Crippen LogP contribution in [-0.2, 0) is 4.74 Å². The third-order valence-corrected chi connectivity index (χ3v) is 4.06. The van der Waals surface area contributed by atoms with Crippen molar-refractivity contribution in [2.45, 2.75) is 11.8 Å². The van der Waals surface area contributed by atoms with Crippen LogP contribution in [0.3, 0.4) is 0 Å². The Bertz CT molecular complexity index is 618. The molecule has 0 bridgehead atoms. The number of benzene rings is 1. The van der Waals surface area contributed by atoms with Crippen molar-refractivity contribution in [1.82, 2.24) is 9.97 Å². The van der Waals surface area contributed by atoms with Crippen molar-refractivity contribution in [3.63, 3.8) is 0 Å². The molecule has 0 unspecified atom stereocenters. The SMILES string of the molecule is C=CCOc1cc(SCCOC)c(-c2ccncn2)cc1C. The molecule has 0 aliphatic carbocycles. The van der Waals surface area contributed by atoms with Crippen molar-refractivity contribution in [3.8, 4) is 17.0 Å². The molecule has 5 heteroatoms. The fourth-order valence-electron chi connectivity index (χ4n) is 1.98. The van der Waals surface area contributed by atoms with Crippen LogP contribution in [0.1, 0.15) is 5.56 Å². The Balaban J connectivity index is 2.37.